The van der Waals surface area contributed by atoms with Gasteiger partial charge < -0.3 is 5.32 Å². The molecule has 3 aromatic rings. The zero-order valence-corrected chi connectivity index (χ0v) is 13.8. The van der Waals surface area contributed by atoms with Crippen LogP contribution in [-0.4, -0.2) is 26.4 Å². The summed E-state index contributed by atoms with van der Waals surface area (Å²) in [7, 11) is 0. The number of hydrogen-bond acceptors (Lipinski definition) is 5. The Balaban J connectivity index is 1.60. The maximum atomic E-state index is 11.8. The standard InChI is InChI=1S/C16H15N5O2S/c1-9(22)17-12-6-4-10(5-7-12)13-8-24-16-19-15(20-21(13)16)18-14(23)11-2-3-11/h4-8,11H,2-3H2,1H3,(H,17,22)(H,18,20,23). The topological polar surface area (TPSA) is 88.4 Å². The maximum absolute atomic E-state index is 11.8. The summed E-state index contributed by atoms with van der Waals surface area (Å²) in [4.78, 5) is 28.0. The van der Waals surface area contributed by atoms with Gasteiger partial charge in [-0.3, -0.25) is 14.9 Å². The highest BCUT2D eigenvalue weighted by Crippen LogP contribution is 2.30. The molecule has 0 unspecified atom stereocenters. The number of carbonyl (C=O) groups is 2. The largest absolute Gasteiger partial charge is 0.326 e. The third-order valence-corrected chi connectivity index (χ3v) is 4.58. The first-order valence-electron chi connectivity index (χ1n) is 7.63. The summed E-state index contributed by atoms with van der Waals surface area (Å²) in [5.74, 6) is 0.352. The molecule has 0 bridgehead atoms. The maximum Gasteiger partial charge on any atom is 0.250 e. The number of benzene rings is 1. The van der Waals surface area contributed by atoms with Crippen molar-refractivity contribution in [1.82, 2.24) is 14.6 Å². The van der Waals surface area contributed by atoms with Crippen LogP contribution in [0.2, 0.25) is 0 Å². The van der Waals surface area contributed by atoms with Crippen LogP contribution in [0.5, 0.6) is 0 Å². The minimum Gasteiger partial charge on any atom is -0.326 e. The van der Waals surface area contributed by atoms with E-state index in [-0.39, 0.29) is 17.7 Å². The molecule has 2 aromatic heterocycles. The molecule has 1 saturated carbocycles. The third kappa shape index (κ3) is 2.88. The van der Waals surface area contributed by atoms with Gasteiger partial charge >= 0.3 is 0 Å². The summed E-state index contributed by atoms with van der Waals surface area (Å²) in [6.45, 7) is 1.48. The van der Waals surface area contributed by atoms with Crippen molar-refractivity contribution in [3.05, 3.63) is 29.6 Å². The Morgan fingerprint density at radius 2 is 1.96 bits per heavy atom. The van der Waals surface area contributed by atoms with Gasteiger partial charge in [-0.2, -0.15) is 4.98 Å². The van der Waals surface area contributed by atoms with Crippen molar-refractivity contribution in [3.8, 4) is 11.3 Å². The molecule has 1 aliphatic rings. The van der Waals surface area contributed by atoms with E-state index in [1.54, 1.807) is 4.52 Å². The number of carbonyl (C=O) groups excluding carboxylic acids is 2. The molecule has 2 amide bonds. The number of amides is 2. The van der Waals surface area contributed by atoms with Crippen molar-refractivity contribution >= 4 is 39.7 Å². The first-order chi connectivity index (χ1) is 11.6. The summed E-state index contributed by atoms with van der Waals surface area (Å²) < 4.78 is 1.72. The molecule has 24 heavy (non-hydrogen) atoms. The molecule has 0 spiro atoms. The molecule has 2 heterocycles. The van der Waals surface area contributed by atoms with Crippen LogP contribution in [0.25, 0.3) is 16.2 Å². The molecule has 0 radical (unpaired) electrons. The van der Waals surface area contributed by atoms with Crippen molar-refractivity contribution in [3.63, 3.8) is 0 Å². The molecule has 7 nitrogen and oxygen atoms in total. The highest BCUT2D eigenvalue weighted by molar-refractivity contribution is 7.15. The predicted octanol–water partition coefficient (Wildman–Crippen LogP) is 2.76. The van der Waals surface area contributed by atoms with Crippen LogP contribution in [0.15, 0.2) is 29.6 Å². The molecule has 1 fully saturated rings. The van der Waals surface area contributed by atoms with Crippen molar-refractivity contribution in [1.29, 1.82) is 0 Å². The molecular formula is C16H15N5O2S. The fourth-order valence-corrected chi connectivity index (χ4v) is 3.25. The van der Waals surface area contributed by atoms with E-state index < -0.39 is 0 Å². The van der Waals surface area contributed by atoms with Crippen LogP contribution < -0.4 is 10.6 Å². The summed E-state index contributed by atoms with van der Waals surface area (Å²) in [5.41, 5.74) is 2.60. The molecule has 2 N–H and O–H groups in total. The lowest BCUT2D eigenvalue weighted by Crippen LogP contribution is -2.14. The average Bonchev–Trinajstić information content (AvgIpc) is 3.22. The van der Waals surface area contributed by atoms with E-state index in [2.05, 4.69) is 20.7 Å². The number of thiazole rings is 1. The second-order valence-corrected chi connectivity index (χ2v) is 6.61. The summed E-state index contributed by atoms with van der Waals surface area (Å²) in [5, 5.41) is 11.9. The Kier molecular flexibility index (Phi) is 3.53. The number of fused-ring (bicyclic) bond motifs is 1. The Morgan fingerprint density at radius 3 is 2.62 bits per heavy atom. The fourth-order valence-electron chi connectivity index (χ4n) is 2.42. The van der Waals surface area contributed by atoms with Crippen molar-refractivity contribution in [2.45, 2.75) is 19.8 Å². The van der Waals surface area contributed by atoms with E-state index in [1.165, 1.54) is 18.3 Å². The average molecular weight is 341 g/mol. The van der Waals surface area contributed by atoms with Crippen molar-refractivity contribution in [2.24, 2.45) is 5.92 Å². The minimum absolute atomic E-state index is 0.00513. The molecule has 0 saturated heterocycles. The van der Waals surface area contributed by atoms with Crippen LogP contribution in [0, 0.1) is 5.92 Å². The van der Waals surface area contributed by atoms with Gasteiger partial charge in [0.05, 0.1) is 5.69 Å². The van der Waals surface area contributed by atoms with E-state index in [0.29, 0.717) is 5.95 Å². The molecule has 1 aromatic carbocycles. The van der Waals surface area contributed by atoms with Gasteiger partial charge in [-0.15, -0.1) is 16.4 Å². The molecule has 8 heteroatoms. The highest BCUT2D eigenvalue weighted by atomic mass is 32.1. The number of anilines is 2. The predicted molar refractivity (Wildman–Crippen MR) is 92.0 cm³/mol. The SMILES string of the molecule is CC(=O)Nc1ccc(-c2csc3nc(NC(=O)C4CC4)nn23)cc1. The first kappa shape index (κ1) is 14.8. The van der Waals surface area contributed by atoms with Crippen LogP contribution in [-0.2, 0) is 9.59 Å². The lowest BCUT2D eigenvalue weighted by atomic mass is 10.1. The normalized spacial score (nSPS) is 13.9. The number of nitrogens with one attached hydrogen (secondary N) is 2. The lowest BCUT2D eigenvalue weighted by molar-refractivity contribution is -0.117. The van der Waals surface area contributed by atoms with Crippen LogP contribution in [0.3, 0.4) is 0 Å². The van der Waals surface area contributed by atoms with E-state index in [0.717, 1.165) is 34.7 Å². The van der Waals surface area contributed by atoms with Gasteiger partial charge in [0.25, 0.3) is 0 Å². The van der Waals surface area contributed by atoms with E-state index in [4.69, 9.17) is 0 Å². The monoisotopic (exact) mass is 341 g/mol. The smallest absolute Gasteiger partial charge is 0.250 e. The van der Waals surface area contributed by atoms with Gasteiger partial charge in [-0.1, -0.05) is 12.1 Å². The molecule has 0 aliphatic heterocycles. The second-order valence-electron chi connectivity index (χ2n) is 5.77. The number of aromatic nitrogens is 3. The van der Waals surface area contributed by atoms with Crippen LogP contribution in [0.1, 0.15) is 19.8 Å². The van der Waals surface area contributed by atoms with Gasteiger partial charge in [0.15, 0.2) is 0 Å². The van der Waals surface area contributed by atoms with Crippen molar-refractivity contribution in [2.75, 3.05) is 10.6 Å². The number of hydrogen-bond donors (Lipinski definition) is 2. The van der Waals surface area contributed by atoms with E-state index in [1.807, 2.05) is 29.6 Å². The minimum atomic E-state index is -0.104. The zero-order chi connectivity index (χ0) is 16.7. The molecule has 4 rings (SSSR count). The van der Waals surface area contributed by atoms with Crippen LogP contribution >= 0.6 is 11.3 Å². The van der Waals surface area contributed by atoms with E-state index in [9.17, 15) is 9.59 Å². The van der Waals surface area contributed by atoms with E-state index >= 15 is 0 Å². The molecular weight excluding hydrogens is 326 g/mol. The highest BCUT2D eigenvalue weighted by Gasteiger charge is 2.30. The Bertz CT molecular complexity index is 924. The summed E-state index contributed by atoms with van der Waals surface area (Å²) >= 11 is 1.46. The third-order valence-electron chi connectivity index (χ3n) is 3.77. The molecule has 0 atom stereocenters. The molecule has 1 aliphatic carbocycles. The Labute approximate surface area is 141 Å². The van der Waals surface area contributed by atoms with Gasteiger partial charge in [0.1, 0.15) is 0 Å². The lowest BCUT2D eigenvalue weighted by Gasteiger charge is -2.03. The van der Waals surface area contributed by atoms with Gasteiger partial charge in [-0.25, -0.2) is 4.52 Å². The number of nitrogens with zero attached hydrogens (tertiary/aromatic N) is 3. The Morgan fingerprint density at radius 1 is 1.21 bits per heavy atom. The second kappa shape index (κ2) is 5.72. The quantitative estimate of drug-likeness (QED) is 0.764. The summed E-state index contributed by atoms with van der Waals surface area (Å²) in [6, 6.07) is 7.51. The van der Waals surface area contributed by atoms with Gasteiger partial charge in [0, 0.05) is 29.5 Å². The van der Waals surface area contributed by atoms with Crippen LogP contribution in [0.4, 0.5) is 11.6 Å². The first-order valence-corrected chi connectivity index (χ1v) is 8.51. The Hall–Kier alpha value is -2.74. The zero-order valence-electron chi connectivity index (χ0n) is 12.9. The summed E-state index contributed by atoms with van der Waals surface area (Å²) in [6.07, 6.45) is 1.89. The van der Waals surface area contributed by atoms with Gasteiger partial charge in [0.2, 0.25) is 22.7 Å². The fraction of sp³-hybridized carbons (Fsp3) is 0.250. The molecule has 122 valence electrons. The van der Waals surface area contributed by atoms with Crippen molar-refractivity contribution < 1.29 is 9.59 Å². The number of rotatable bonds is 4. The van der Waals surface area contributed by atoms with Gasteiger partial charge in [-0.05, 0) is 25.0 Å².